The molecule has 144 valence electrons. The molecule has 0 aliphatic heterocycles. The van der Waals surface area contributed by atoms with Crippen LogP contribution in [0.4, 0.5) is 5.69 Å². The summed E-state index contributed by atoms with van der Waals surface area (Å²) in [4.78, 5) is 3.21. The number of diazo groups is 1. The Bertz CT molecular complexity index is 797. The zero-order valence-electron chi connectivity index (χ0n) is 17.4. The van der Waals surface area contributed by atoms with E-state index in [2.05, 4.69) is 51.7 Å². The standard InChI is InChI=1S/C23H31N2O2/c1-17-15-20(11-12-21(17)25-24)27-14-13-26-19-9-7-18(8-10-19)23(5,6)16-22(2,3)4/h7-12,15H,13-14,16H2,1-6H3/q+1. The molecule has 0 aromatic heterocycles. The van der Waals surface area contributed by atoms with Crippen molar-refractivity contribution in [3.05, 3.63) is 58.6 Å². The molecule has 0 aliphatic carbocycles. The Morgan fingerprint density at radius 1 is 0.852 bits per heavy atom. The van der Waals surface area contributed by atoms with E-state index < -0.39 is 0 Å². The van der Waals surface area contributed by atoms with Crippen LogP contribution in [0.1, 0.15) is 52.2 Å². The normalized spacial score (nSPS) is 11.7. The molecule has 0 bridgehead atoms. The third-order valence-electron chi connectivity index (χ3n) is 4.50. The van der Waals surface area contributed by atoms with Gasteiger partial charge in [-0.3, -0.25) is 0 Å². The minimum absolute atomic E-state index is 0.130. The summed E-state index contributed by atoms with van der Waals surface area (Å²) in [6.45, 7) is 14.2. The topological polar surface area (TPSA) is 46.6 Å². The molecule has 0 amide bonds. The fourth-order valence-corrected chi connectivity index (χ4v) is 3.58. The van der Waals surface area contributed by atoms with Gasteiger partial charge in [0.2, 0.25) is 5.39 Å². The maximum Gasteiger partial charge on any atom is 0.388 e. The monoisotopic (exact) mass is 367 g/mol. The molecule has 0 unspecified atom stereocenters. The second-order valence-electron chi connectivity index (χ2n) is 8.89. The van der Waals surface area contributed by atoms with Crippen molar-refractivity contribution in [1.29, 1.82) is 5.39 Å². The lowest BCUT2D eigenvalue weighted by atomic mass is 9.72. The van der Waals surface area contributed by atoms with E-state index in [1.807, 2.05) is 25.1 Å². The van der Waals surface area contributed by atoms with Crippen molar-refractivity contribution in [2.75, 3.05) is 13.2 Å². The molecule has 4 nitrogen and oxygen atoms in total. The molecule has 0 spiro atoms. The highest BCUT2D eigenvalue weighted by Gasteiger charge is 2.27. The predicted octanol–water partition coefficient (Wildman–Crippen LogP) is 6.65. The van der Waals surface area contributed by atoms with Gasteiger partial charge < -0.3 is 9.47 Å². The van der Waals surface area contributed by atoms with Crippen LogP contribution in [0, 0.1) is 17.7 Å². The number of hydrogen-bond donors (Lipinski definition) is 0. The first-order valence-electron chi connectivity index (χ1n) is 9.43. The van der Waals surface area contributed by atoms with Crippen LogP contribution in [0.2, 0.25) is 0 Å². The summed E-state index contributed by atoms with van der Waals surface area (Å²) in [7, 11) is 0. The van der Waals surface area contributed by atoms with Crippen LogP contribution in [0.25, 0.3) is 4.98 Å². The quantitative estimate of drug-likeness (QED) is 0.406. The van der Waals surface area contributed by atoms with Crippen LogP contribution in [-0.4, -0.2) is 13.2 Å². The number of ether oxygens (including phenoxy) is 2. The van der Waals surface area contributed by atoms with E-state index in [9.17, 15) is 0 Å². The van der Waals surface area contributed by atoms with Crippen LogP contribution in [0.3, 0.4) is 0 Å². The Labute approximate surface area is 163 Å². The van der Waals surface area contributed by atoms with Crippen molar-refractivity contribution in [3.63, 3.8) is 0 Å². The van der Waals surface area contributed by atoms with Gasteiger partial charge in [0.25, 0.3) is 0 Å². The van der Waals surface area contributed by atoms with E-state index in [1.165, 1.54) is 5.56 Å². The zero-order chi connectivity index (χ0) is 20.1. The van der Waals surface area contributed by atoms with Crippen LogP contribution in [-0.2, 0) is 5.41 Å². The molecule has 2 rings (SSSR count). The van der Waals surface area contributed by atoms with Crippen molar-refractivity contribution in [1.82, 2.24) is 0 Å². The maximum absolute atomic E-state index is 8.84. The van der Waals surface area contributed by atoms with Gasteiger partial charge in [0, 0.05) is 11.6 Å². The second kappa shape index (κ2) is 8.43. The van der Waals surface area contributed by atoms with Gasteiger partial charge in [0.15, 0.2) is 4.98 Å². The van der Waals surface area contributed by atoms with Crippen molar-refractivity contribution in [2.24, 2.45) is 5.41 Å². The van der Waals surface area contributed by atoms with Crippen molar-refractivity contribution in [3.8, 4) is 11.5 Å². The Morgan fingerprint density at radius 2 is 1.41 bits per heavy atom. The molecule has 0 atom stereocenters. The highest BCUT2D eigenvalue weighted by molar-refractivity contribution is 5.53. The fraction of sp³-hybridized carbons (Fsp3) is 0.478. The minimum atomic E-state index is 0.130. The van der Waals surface area contributed by atoms with Crippen LogP contribution >= 0.6 is 0 Å². The summed E-state index contributed by atoms with van der Waals surface area (Å²) in [5.41, 5.74) is 3.16. The van der Waals surface area contributed by atoms with Crippen molar-refractivity contribution in [2.45, 2.75) is 53.4 Å². The summed E-state index contributed by atoms with van der Waals surface area (Å²) in [6, 6.07) is 13.7. The number of benzene rings is 2. The number of aryl methyl sites for hydroxylation is 1. The summed E-state index contributed by atoms with van der Waals surface area (Å²) < 4.78 is 11.5. The Kier molecular flexibility index (Phi) is 6.49. The lowest BCUT2D eigenvalue weighted by Crippen LogP contribution is -2.24. The van der Waals surface area contributed by atoms with E-state index in [0.717, 1.165) is 23.5 Å². The first-order chi connectivity index (χ1) is 12.6. The zero-order valence-corrected chi connectivity index (χ0v) is 17.4. The predicted molar refractivity (Wildman–Crippen MR) is 110 cm³/mol. The summed E-state index contributed by atoms with van der Waals surface area (Å²) in [5.74, 6) is 1.59. The molecule has 0 heterocycles. The largest absolute Gasteiger partial charge is 0.490 e. The molecule has 27 heavy (non-hydrogen) atoms. The molecule has 0 aliphatic rings. The van der Waals surface area contributed by atoms with Gasteiger partial charge in [-0.2, -0.15) is 0 Å². The lowest BCUT2D eigenvalue weighted by Gasteiger charge is -2.33. The highest BCUT2D eigenvalue weighted by Crippen LogP contribution is 2.36. The Morgan fingerprint density at radius 3 is 1.93 bits per heavy atom. The smallest absolute Gasteiger partial charge is 0.388 e. The molecule has 0 N–H and O–H groups in total. The number of hydrogen-bond acceptors (Lipinski definition) is 3. The molecule has 4 heteroatoms. The third-order valence-corrected chi connectivity index (χ3v) is 4.50. The lowest BCUT2D eigenvalue weighted by molar-refractivity contribution is 0.217. The third kappa shape index (κ3) is 6.29. The van der Waals surface area contributed by atoms with Gasteiger partial charge in [-0.05, 0) is 54.0 Å². The van der Waals surface area contributed by atoms with Gasteiger partial charge in [-0.15, -0.1) is 0 Å². The van der Waals surface area contributed by atoms with Crippen LogP contribution in [0.5, 0.6) is 11.5 Å². The van der Waals surface area contributed by atoms with E-state index in [1.54, 1.807) is 12.1 Å². The summed E-state index contributed by atoms with van der Waals surface area (Å²) >= 11 is 0. The molecule has 0 saturated heterocycles. The first kappa shape index (κ1) is 20.8. The van der Waals surface area contributed by atoms with Gasteiger partial charge in [0.1, 0.15) is 24.7 Å². The van der Waals surface area contributed by atoms with Gasteiger partial charge >= 0.3 is 5.69 Å². The molecular weight excluding hydrogens is 336 g/mol. The van der Waals surface area contributed by atoms with Gasteiger partial charge in [0.05, 0.1) is 0 Å². The summed E-state index contributed by atoms with van der Waals surface area (Å²) in [5, 5.41) is 8.84. The molecule has 2 aromatic rings. The van der Waals surface area contributed by atoms with E-state index in [0.29, 0.717) is 18.9 Å². The Hall–Kier alpha value is -2.54. The van der Waals surface area contributed by atoms with Gasteiger partial charge in [-0.25, -0.2) is 0 Å². The number of nitrogens with zero attached hydrogens (tertiary/aromatic N) is 2. The molecule has 0 saturated carbocycles. The SMILES string of the molecule is Cc1cc(OCCOc2ccc(C(C)(C)CC(C)(C)C)cc2)ccc1[N+]#N. The molecule has 2 aromatic carbocycles. The van der Waals surface area contributed by atoms with Crippen LogP contribution < -0.4 is 9.47 Å². The van der Waals surface area contributed by atoms with E-state index in [-0.39, 0.29) is 10.8 Å². The van der Waals surface area contributed by atoms with Gasteiger partial charge in [-0.1, -0.05) is 46.8 Å². The molecule has 0 radical (unpaired) electrons. The molecular formula is C23H31N2O2+. The Balaban J connectivity index is 1.85. The summed E-state index contributed by atoms with van der Waals surface area (Å²) in [6.07, 6.45) is 1.12. The fourth-order valence-electron chi connectivity index (χ4n) is 3.58. The first-order valence-corrected chi connectivity index (χ1v) is 9.43. The van der Waals surface area contributed by atoms with Crippen molar-refractivity contribution < 1.29 is 9.47 Å². The average molecular weight is 368 g/mol. The van der Waals surface area contributed by atoms with E-state index >= 15 is 0 Å². The molecule has 0 fully saturated rings. The average Bonchev–Trinajstić information content (AvgIpc) is 2.57. The minimum Gasteiger partial charge on any atom is -0.490 e. The number of rotatable bonds is 7. The van der Waals surface area contributed by atoms with E-state index in [4.69, 9.17) is 14.9 Å². The second-order valence-corrected chi connectivity index (χ2v) is 8.89. The highest BCUT2D eigenvalue weighted by atomic mass is 16.5. The maximum atomic E-state index is 8.84. The van der Waals surface area contributed by atoms with Crippen molar-refractivity contribution >= 4 is 5.69 Å². The van der Waals surface area contributed by atoms with Crippen LogP contribution in [0.15, 0.2) is 42.5 Å².